The number of anilines is 1. The van der Waals surface area contributed by atoms with Crippen LogP contribution in [0.3, 0.4) is 0 Å². The number of carbonyl (C=O) groups excluding carboxylic acids is 1. The zero-order valence-corrected chi connectivity index (χ0v) is 15.8. The number of nitrogens with zero attached hydrogens (tertiary/aromatic N) is 2. The van der Waals surface area contributed by atoms with Crippen molar-refractivity contribution in [2.24, 2.45) is 0 Å². The molecular weight excluding hydrogens is 338 g/mol. The summed E-state index contributed by atoms with van der Waals surface area (Å²) in [5.74, 6) is -0.251. The van der Waals surface area contributed by atoms with Gasteiger partial charge in [0.05, 0.1) is 5.69 Å². The third-order valence-electron chi connectivity index (χ3n) is 4.44. The highest BCUT2D eigenvalue weighted by Gasteiger charge is 2.21. The Morgan fingerprint density at radius 1 is 1.04 bits per heavy atom. The van der Waals surface area contributed by atoms with E-state index in [1.165, 1.54) is 10.7 Å². The second-order valence-corrected chi connectivity index (χ2v) is 6.65. The Hall–Kier alpha value is -3.21. The quantitative estimate of drug-likeness (QED) is 0.743. The number of carbonyl (C=O) groups is 1. The highest BCUT2D eigenvalue weighted by Crippen LogP contribution is 2.19. The van der Waals surface area contributed by atoms with Crippen LogP contribution in [-0.2, 0) is 4.79 Å². The van der Waals surface area contributed by atoms with Crippen molar-refractivity contribution in [1.29, 1.82) is 0 Å². The molecule has 1 amide bonds. The minimum absolute atomic E-state index is 0.251. The first kappa shape index (κ1) is 18.6. The van der Waals surface area contributed by atoms with Crippen molar-refractivity contribution in [2.75, 3.05) is 5.32 Å². The van der Waals surface area contributed by atoms with Gasteiger partial charge in [0.25, 0.3) is 5.56 Å². The Balaban J connectivity index is 1.92. The number of aromatic nitrogens is 2. The van der Waals surface area contributed by atoms with Gasteiger partial charge in [-0.1, -0.05) is 48.9 Å². The van der Waals surface area contributed by atoms with Crippen LogP contribution in [0.4, 0.5) is 5.69 Å². The molecule has 1 aromatic heterocycles. The van der Waals surface area contributed by atoms with Crippen LogP contribution in [-0.4, -0.2) is 15.7 Å². The van der Waals surface area contributed by atoms with Crippen LogP contribution >= 0.6 is 0 Å². The average Bonchev–Trinajstić information content (AvgIpc) is 2.64. The zero-order chi connectivity index (χ0) is 19.4. The summed E-state index contributed by atoms with van der Waals surface area (Å²) < 4.78 is 1.28. The van der Waals surface area contributed by atoms with Crippen LogP contribution < -0.4 is 10.9 Å². The van der Waals surface area contributed by atoms with Gasteiger partial charge in [0, 0.05) is 17.3 Å². The van der Waals surface area contributed by atoms with Crippen molar-refractivity contribution in [3.05, 3.63) is 82.1 Å². The van der Waals surface area contributed by atoms with Crippen LogP contribution in [0.5, 0.6) is 0 Å². The van der Waals surface area contributed by atoms with Gasteiger partial charge >= 0.3 is 0 Å². The molecule has 0 aliphatic rings. The molecule has 1 unspecified atom stereocenters. The smallest absolute Gasteiger partial charge is 0.267 e. The monoisotopic (exact) mass is 361 g/mol. The molecule has 0 saturated carbocycles. The Morgan fingerprint density at radius 3 is 2.44 bits per heavy atom. The minimum Gasteiger partial charge on any atom is -0.324 e. The largest absolute Gasteiger partial charge is 0.324 e. The molecule has 5 nitrogen and oxygen atoms in total. The number of aryl methyl sites for hydroxylation is 2. The van der Waals surface area contributed by atoms with E-state index in [0.29, 0.717) is 17.8 Å². The molecule has 27 heavy (non-hydrogen) atoms. The zero-order valence-electron chi connectivity index (χ0n) is 15.8. The molecule has 138 valence electrons. The van der Waals surface area contributed by atoms with Gasteiger partial charge in [-0.15, -0.1) is 0 Å². The lowest BCUT2D eigenvalue weighted by atomic mass is 10.1. The van der Waals surface area contributed by atoms with E-state index in [-0.39, 0.29) is 11.5 Å². The molecule has 3 rings (SSSR count). The second kappa shape index (κ2) is 7.99. The normalized spacial score (nSPS) is 11.8. The number of benzene rings is 2. The van der Waals surface area contributed by atoms with E-state index in [1.807, 2.05) is 69.3 Å². The highest BCUT2D eigenvalue weighted by molar-refractivity contribution is 5.93. The van der Waals surface area contributed by atoms with Gasteiger partial charge in [0.1, 0.15) is 6.04 Å². The minimum atomic E-state index is -0.677. The number of hydrogen-bond donors (Lipinski definition) is 1. The van der Waals surface area contributed by atoms with Crippen molar-refractivity contribution in [2.45, 2.75) is 33.2 Å². The molecule has 2 aromatic carbocycles. The first-order chi connectivity index (χ1) is 13.0. The fourth-order valence-electron chi connectivity index (χ4n) is 2.94. The number of nitrogens with one attached hydrogen (secondary N) is 1. The van der Waals surface area contributed by atoms with Gasteiger partial charge < -0.3 is 5.32 Å². The molecule has 0 radical (unpaired) electrons. The lowest BCUT2D eigenvalue weighted by Crippen LogP contribution is -2.34. The lowest BCUT2D eigenvalue weighted by molar-refractivity contribution is -0.119. The predicted octanol–water partition coefficient (Wildman–Crippen LogP) is 4.12. The molecule has 0 aliphatic carbocycles. The Morgan fingerprint density at radius 2 is 1.78 bits per heavy atom. The molecule has 0 aliphatic heterocycles. The van der Waals surface area contributed by atoms with Crippen molar-refractivity contribution in [3.63, 3.8) is 0 Å². The number of amides is 1. The average molecular weight is 361 g/mol. The van der Waals surface area contributed by atoms with Gasteiger partial charge in [-0.3, -0.25) is 9.59 Å². The SMILES string of the molecule is CCC(C(=O)Nc1cccc(C)c1)n1nc(-c2ccc(C)cc2)ccc1=O. The first-order valence-electron chi connectivity index (χ1n) is 9.02. The summed E-state index contributed by atoms with van der Waals surface area (Å²) in [7, 11) is 0. The summed E-state index contributed by atoms with van der Waals surface area (Å²) >= 11 is 0. The van der Waals surface area contributed by atoms with Crippen LogP contribution in [0, 0.1) is 13.8 Å². The molecule has 1 N–H and O–H groups in total. The fourth-order valence-corrected chi connectivity index (χ4v) is 2.94. The van der Waals surface area contributed by atoms with E-state index < -0.39 is 6.04 Å². The summed E-state index contributed by atoms with van der Waals surface area (Å²) in [4.78, 5) is 25.2. The molecule has 0 fully saturated rings. The van der Waals surface area contributed by atoms with E-state index in [9.17, 15) is 9.59 Å². The van der Waals surface area contributed by atoms with Crippen molar-refractivity contribution in [3.8, 4) is 11.3 Å². The lowest BCUT2D eigenvalue weighted by Gasteiger charge is -2.17. The van der Waals surface area contributed by atoms with Crippen LogP contribution in [0.15, 0.2) is 65.5 Å². The summed E-state index contributed by atoms with van der Waals surface area (Å²) in [6.07, 6.45) is 0.460. The Bertz CT molecular complexity index is 1010. The molecule has 1 atom stereocenters. The molecule has 0 saturated heterocycles. The molecule has 3 aromatic rings. The summed E-state index contributed by atoms with van der Waals surface area (Å²) in [5.41, 5.74) is 4.19. The van der Waals surface area contributed by atoms with Crippen molar-refractivity contribution in [1.82, 2.24) is 9.78 Å². The fraction of sp³-hybridized carbons (Fsp3) is 0.227. The summed E-state index contributed by atoms with van der Waals surface area (Å²) in [6, 6.07) is 17.9. The van der Waals surface area contributed by atoms with Crippen molar-refractivity contribution >= 4 is 11.6 Å². The highest BCUT2D eigenvalue weighted by atomic mass is 16.2. The van der Waals surface area contributed by atoms with E-state index in [1.54, 1.807) is 6.07 Å². The number of hydrogen-bond acceptors (Lipinski definition) is 3. The maximum atomic E-state index is 12.8. The van der Waals surface area contributed by atoms with Gasteiger partial charge in [-0.2, -0.15) is 5.10 Å². The maximum absolute atomic E-state index is 12.8. The Kier molecular flexibility index (Phi) is 5.50. The third-order valence-corrected chi connectivity index (χ3v) is 4.44. The summed E-state index contributed by atoms with van der Waals surface area (Å²) in [5, 5.41) is 7.35. The molecule has 1 heterocycles. The van der Waals surface area contributed by atoms with Crippen molar-refractivity contribution < 1.29 is 4.79 Å². The predicted molar refractivity (Wildman–Crippen MR) is 108 cm³/mol. The van der Waals surface area contributed by atoms with E-state index >= 15 is 0 Å². The Labute approximate surface area is 158 Å². The standard InChI is InChI=1S/C22H23N3O2/c1-4-20(22(27)23-18-7-5-6-16(3)14-18)25-21(26)13-12-19(24-25)17-10-8-15(2)9-11-17/h5-14,20H,4H2,1-3H3,(H,23,27). The molecule has 0 bridgehead atoms. The van der Waals surface area contributed by atoms with Gasteiger partial charge in [-0.05, 0) is 44.0 Å². The van der Waals surface area contributed by atoms with E-state index in [4.69, 9.17) is 0 Å². The van der Waals surface area contributed by atoms with E-state index in [2.05, 4.69) is 10.4 Å². The third kappa shape index (κ3) is 4.31. The van der Waals surface area contributed by atoms with Gasteiger partial charge in [0.2, 0.25) is 5.91 Å². The maximum Gasteiger partial charge on any atom is 0.267 e. The molecule has 5 heteroatoms. The second-order valence-electron chi connectivity index (χ2n) is 6.65. The van der Waals surface area contributed by atoms with Gasteiger partial charge in [0.15, 0.2) is 0 Å². The molecular formula is C22H23N3O2. The van der Waals surface area contributed by atoms with Crippen LogP contribution in [0.1, 0.15) is 30.5 Å². The first-order valence-corrected chi connectivity index (χ1v) is 9.02. The molecule has 0 spiro atoms. The summed E-state index contributed by atoms with van der Waals surface area (Å²) in [6.45, 7) is 5.85. The topological polar surface area (TPSA) is 64.0 Å². The number of rotatable bonds is 5. The van der Waals surface area contributed by atoms with E-state index in [0.717, 1.165) is 16.7 Å². The van der Waals surface area contributed by atoms with Crippen LogP contribution in [0.2, 0.25) is 0 Å². The van der Waals surface area contributed by atoms with Gasteiger partial charge in [-0.25, -0.2) is 4.68 Å². The van der Waals surface area contributed by atoms with Crippen LogP contribution in [0.25, 0.3) is 11.3 Å².